The van der Waals surface area contributed by atoms with Gasteiger partial charge in [0.05, 0.1) is 10.9 Å². The van der Waals surface area contributed by atoms with Crippen LogP contribution in [0.5, 0.6) is 0 Å². The molecule has 0 bridgehead atoms. The molecule has 3 amide bonds. The number of hydrogen-bond acceptors (Lipinski definition) is 5. The van der Waals surface area contributed by atoms with Crippen molar-refractivity contribution in [2.45, 2.75) is 19.9 Å². The zero-order chi connectivity index (χ0) is 18.7. The molecule has 142 valence electrons. The summed E-state index contributed by atoms with van der Waals surface area (Å²) in [6.45, 7) is 8.62. The Morgan fingerprint density at radius 3 is 2.04 bits per heavy atom. The summed E-state index contributed by atoms with van der Waals surface area (Å²) in [6, 6.07) is 3.55. The van der Waals surface area contributed by atoms with Crippen LogP contribution in [0.1, 0.15) is 23.5 Å². The van der Waals surface area contributed by atoms with Gasteiger partial charge in [-0.15, -0.1) is 11.3 Å². The van der Waals surface area contributed by atoms with Gasteiger partial charge in [0.1, 0.15) is 0 Å². The lowest BCUT2D eigenvalue weighted by molar-refractivity contribution is -0.142. The molecule has 2 saturated heterocycles. The maximum absolute atomic E-state index is 12.8. The predicted molar refractivity (Wildman–Crippen MR) is 100 cm³/mol. The second-order valence-electron chi connectivity index (χ2n) is 6.81. The third kappa shape index (κ3) is 4.07. The van der Waals surface area contributed by atoms with Crippen molar-refractivity contribution < 1.29 is 14.4 Å². The molecule has 26 heavy (non-hydrogen) atoms. The van der Waals surface area contributed by atoms with E-state index in [1.54, 1.807) is 11.8 Å². The van der Waals surface area contributed by atoms with Crippen LogP contribution in [-0.2, 0) is 9.59 Å². The van der Waals surface area contributed by atoms with E-state index in [0.29, 0.717) is 52.4 Å². The average Bonchev–Trinajstić information content (AvgIpc) is 3.21. The summed E-state index contributed by atoms with van der Waals surface area (Å²) in [5.74, 6) is 0.266. The Morgan fingerprint density at radius 2 is 1.50 bits per heavy atom. The Hall–Kier alpha value is -1.93. The molecule has 1 atom stereocenters. The van der Waals surface area contributed by atoms with Crippen LogP contribution < -0.4 is 0 Å². The zero-order valence-corrected chi connectivity index (χ0v) is 16.2. The van der Waals surface area contributed by atoms with Gasteiger partial charge in [-0.25, -0.2) is 0 Å². The van der Waals surface area contributed by atoms with E-state index in [0.717, 1.165) is 4.88 Å². The Balaban J connectivity index is 1.49. The largest absolute Gasteiger partial charge is 0.339 e. The van der Waals surface area contributed by atoms with E-state index in [1.807, 2.05) is 34.2 Å². The molecule has 3 heterocycles. The fourth-order valence-electron chi connectivity index (χ4n) is 3.53. The molecule has 0 saturated carbocycles. The van der Waals surface area contributed by atoms with Crippen LogP contribution in [0.2, 0.25) is 0 Å². The van der Waals surface area contributed by atoms with Crippen molar-refractivity contribution in [2.75, 3.05) is 52.4 Å². The summed E-state index contributed by atoms with van der Waals surface area (Å²) >= 11 is 1.46. The fraction of sp³-hybridized carbons (Fsp3) is 0.611. The minimum Gasteiger partial charge on any atom is -0.339 e. The standard InChI is InChI=1S/C18H26N4O3S/c1-14(17(24)21-11-7-20(8-12-21)15(2)23)19-5-9-22(10-6-19)18(25)16-4-3-13-26-16/h3-4,13-14H,5-12H2,1-2H3. The van der Waals surface area contributed by atoms with Crippen LogP contribution in [0.25, 0.3) is 0 Å². The van der Waals surface area contributed by atoms with Gasteiger partial charge in [0.2, 0.25) is 11.8 Å². The molecule has 0 aromatic carbocycles. The number of amides is 3. The molecule has 8 heteroatoms. The van der Waals surface area contributed by atoms with E-state index >= 15 is 0 Å². The average molecular weight is 378 g/mol. The van der Waals surface area contributed by atoms with Crippen molar-refractivity contribution >= 4 is 29.1 Å². The number of rotatable bonds is 3. The molecule has 0 spiro atoms. The lowest BCUT2D eigenvalue weighted by Gasteiger charge is -2.40. The summed E-state index contributed by atoms with van der Waals surface area (Å²) in [6.07, 6.45) is 0. The van der Waals surface area contributed by atoms with Gasteiger partial charge in [-0.1, -0.05) is 6.07 Å². The van der Waals surface area contributed by atoms with Crippen molar-refractivity contribution in [3.05, 3.63) is 22.4 Å². The topological polar surface area (TPSA) is 64.2 Å². The van der Waals surface area contributed by atoms with Crippen molar-refractivity contribution in [3.63, 3.8) is 0 Å². The molecule has 3 rings (SSSR count). The van der Waals surface area contributed by atoms with E-state index in [1.165, 1.54) is 11.3 Å². The van der Waals surface area contributed by atoms with Crippen LogP contribution >= 0.6 is 11.3 Å². The van der Waals surface area contributed by atoms with Crippen molar-refractivity contribution in [3.8, 4) is 0 Å². The number of hydrogen-bond donors (Lipinski definition) is 0. The molecule has 0 radical (unpaired) electrons. The monoisotopic (exact) mass is 378 g/mol. The quantitative estimate of drug-likeness (QED) is 0.772. The molecule has 0 N–H and O–H groups in total. The minimum atomic E-state index is -0.196. The third-order valence-electron chi connectivity index (χ3n) is 5.28. The normalized spacial score (nSPS) is 20.2. The number of carbonyl (C=O) groups excluding carboxylic acids is 3. The van der Waals surface area contributed by atoms with Crippen LogP contribution in [0.4, 0.5) is 0 Å². The molecule has 1 aromatic heterocycles. The van der Waals surface area contributed by atoms with Gasteiger partial charge >= 0.3 is 0 Å². The van der Waals surface area contributed by atoms with Gasteiger partial charge in [-0.2, -0.15) is 0 Å². The fourth-order valence-corrected chi connectivity index (χ4v) is 4.22. The Bertz CT molecular complexity index is 647. The van der Waals surface area contributed by atoms with E-state index in [4.69, 9.17) is 0 Å². The van der Waals surface area contributed by atoms with E-state index < -0.39 is 0 Å². The number of nitrogens with zero attached hydrogens (tertiary/aromatic N) is 4. The maximum Gasteiger partial charge on any atom is 0.264 e. The summed E-state index contributed by atoms with van der Waals surface area (Å²) in [4.78, 5) is 45.0. The molecule has 1 unspecified atom stereocenters. The summed E-state index contributed by atoms with van der Waals surface area (Å²) < 4.78 is 0. The molecular weight excluding hydrogens is 352 g/mol. The van der Waals surface area contributed by atoms with Crippen molar-refractivity contribution in [2.24, 2.45) is 0 Å². The SMILES string of the molecule is CC(=O)N1CCN(C(=O)C(C)N2CCN(C(=O)c3cccs3)CC2)CC1. The van der Waals surface area contributed by atoms with E-state index in [-0.39, 0.29) is 23.8 Å². The van der Waals surface area contributed by atoms with Gasteiger partial charge in [-0.05, 0) is 18.4 Å². The summed E-state index contributed by atoms with van der Waals surface area (Å²) in [5.41, 5.74) is 0. The van der Waals surface area contributed by atoms with Gasteiger partial charge in [0.15, 0.2) is 0 Å². The van der Waals surface area contributed by atoms with Gasteiger partial charge in [0, 0.05) is 59.3 Å². The van der Waals surface area contributed by atoms with Crippen LogP contribution in [0, 0.1) is 0 Å². The molecular formula is C18H26N4O3S. The number of thiophene rings is 1. The lowest BCUT2D eigenvalue weighted by atomic mass is 10.1. The number of piperazine rings is 2. The molecule has 2 fully saturated rings. The predicted octanol–water partition coefficient (Wildman–Crippen LogP) is 0.585. The molecule has 2 aliphatic heterocycles. The Labute approximate surface area is 158 Å². The first-order chi connectivity index (χ1) is 12.5. The van der Waals surface area contributed by atoms with Gasteiger partial charge < -0.3 is 14.7 Å². The van der Waals surface area contributed by atoms with Crippen LogP contribution in [0.3, 0.4) is 0 Å². The number of carbonyl (C=O) groups is 3. The highest BCUT2D eigenvalue weighted by atomic mass is 32.1. The van der Waals surface area contributed by atoms with E-state index in [9.17, 15) is 14.4 Å². The highest BCUT2D eigenvalue weighted by Gasteiger charge is 2.32. The van der Waals surface area contributed by atoms with E-state index in [2.05, 4.69) is 4.90 Å². The first-order valence-corrected chi connectivity index (χ1v) is 9.96. The first kappa shape index (κ1) is 18.8. The summed E-state index contributed by atoms with van der Waals surface area (Å²) in [7, 11) is 0. The molecule has 2 aliphatic rings. The Morgan fingerprint density at radius 1 is 0.923 bits per heavy atom. The first-order valence-electron chi connectivity index (χ1n) is 9.08. The van der Waals surface area contributed by atoms with Crippen LogP contribution in [-0.4, -0.2) is 95.7 Å². The molecule has 7 nitrogen and oxygen atoms in total. The lowest BCUT2D eigenvalue weighted by Crippen LogP contribution is -2.58. The zero-order valence-electron chi connectivity index (χ0n) is 15.4. The third-order valence-corrected chi connectivity index (χ3v) is 6.13. The smallest absolute Gasteiger partial charge is 0.264 e. The van der Waals surface area contributed by atoms with Crippen LogP contribution in [0.15, 0.2) is 17.5 Å². The van der Waals surface area contributed by atoms with Gasteiger partial charge in [0.25, 0.3) is 5.91 Å². The van der Waals surface area contributed by atoms with Gasteiger partial charge in [-0.3, -0.25) is 19.3 Å². The Kier molecular flexibility index (Phi) is 5.93. The maximum atomic E-state index is 12.8. The second-order valence-corrected chi connectivity index (χ2v) is 7.76. The highest BCUT2D eigenvalue weighted by Crippen LogP contribution is 2.16. The van der Waals surface area contributed by atoms with Crippen molar-refractivity contribution in [1.29, 1.82) is 0 Å². The summed E-state index contributed by atoms with van der Waals surface area (Å²) in [5, 5.41) is 1.91. The molecule has 0 aliphatic carbocycles. The highest BCUT2D eigenvalue weighted by molar-refractivity contribution is 7.12. The minimum absolute atomic E-state index is 0.0664. The molecule has 1 aromatic rings. The second kappa shape index (κ2) is 8.18. The van der Waals surface area contributed by atoms with Crippen molar-refractivity contribution in [1.82, 2.24) is 19.6 Å².